The van der Waals surface area contributed by atoms with E-state index in [1.807, 2.05) is 48.5 Å². The number of rotatable bonds is 4. The van der Waals surface area contributed by atoms with Crippen LogP contribution in [0.4, 0.5) is 0 Å². The van der Waals surface area contributed by atoms with Gasteiger partial charge in [0.2, 0.25) is 0 Å². The standard InChI is InChI=1S/C13H12ClNO.C10H7ClO/c14-12-3-1-2-10-6-11(8-16)15(13(10)12)7-9-4-5-9;11-10-3-1-2-8-4-7(6-12)5-9(8)10/h1-3,6,8-9H,4-5,7H2;1-4,6H,5H2. The molecule has 2 aliphatic carbocycles. The molecule has 3 aromatic rings. The minimum Gasteiger partial charge on any atom is -0.337 e. The largest absolute Gasteiger partial charge is 0.337 e. The fourth-order valence-electron chi connectivity index (χ4n) is 3.58. The van der Waals surface area contributed by atoms with Crippen molar-refractivity contribution in [3.63, 3.8) is 0 Å². The Kier molecular flexibility index (Phi) is 5.38. The molecule has 3 nitrogen and oxygen atoms in total. The second-order valence-electron chi connectivity index (χ2n) is 7.24. The van der Waals surface area contributed by atoms with Crippen LogP contribution in [0.3, 0.4) is 0 Å². The molecule has 0 unspecified atom stereocenters. The molecule has 0 radical (unpaired) electrons. The van der Waals surface area contributed by atoms with E-state index < -0.39 is 0 Å². The minimum atomic E-state index is 0.679. The smallest absolute Gasteiger partial charge is 0.166 e. The first-order chi connectivity index (χ1) is 13.6. The van der Waals surface area contributed by atoms with Crippen molar-refractivity contribution in [1.82, 2.24) is 4.57 Å². The highest BCUT2D eigenvalue weighted by molar-refractivity contribution is 6.35. The fourth-order valence-corrected chi connectivity index (χ4v) is 4.11. The number of nitrogens with zero attached hydrogens (tertiary/aromatic N) is 1. The SMILES string of the molecule is O=CC1=Cc2cccc(Cl)c2C1.O=Cc1cc2cccc(Cl)c2n1CC1CC1. The zero-order valence-corrected chi connectivity index (χ0v) is 16.7. The summed E-state index contributed by atoms with van der Waals surface area (Å²) < 4.78 is 2.06. The third-order valence-corrected chi connectivity index (χ3v) is 5.85. The molecule has 5 rings (SSSR count). The number of fused-ring (bicyclic) bond motifs is 2. The van der Waals surface area contributed by atoms with E-state index in [2.05, 4.69) is 4.57 Å². The average Bonchev–Trinajstić information content (AvgIpc) is 3.28. The molecule has 2 aliphatic rings. The number of aldehydes is 2. The Balaban J connectivity index is 0.000000143. The van der Waals surface area contributed by atoms with Crippen LogP contribution in [0, 0.1) is 5.92 Å². The van der Waals surface area contributed by atoms with Gasteiger partial charge in [0.1, 0.15) is 6.29 Å². The Morgan fingerprint density at radius 1 is 1.00 bits per heavy atom. The number of benzene rings is 2. The van der Waals surface area contributed by atoms with E-state index in [1.54, 1.807) is 0 Å². The summed E-state index contributed by atoms with van der Waals surface area (Å²) in [5, 5.41) is 2.53. The quantitative estimate of drug-likeness (QED) is 0.494. The van der Waals surface area contributed by atoms with Crippen molar-refractivity contribution >= 4 is 52.8 Å². The van der Waals surface area contributed by atoms with E-state index in [4.69, 9.17) is 23.2 Å². The molecule has 142 valence electrons. The molecule has 1 fully saturated rings. The molecule has 0 spiro atoms. The molecule has 0 atom stereocenters. The highest BCUT2D eigenvalue weighted by Gasteiger charge is 2.24. The van der Waals surface area contributed by atoms with Crippen LogP contribution in [0.1, 0.15) is 34.5 Å². The van der Waals surface area contributed by atoms with Gasteiger partial charge in [-0.1, -0.05) is 47.5 Å². The first kappa shape index (κ1) is 19.0. The molecule has 0 amide bonds. The molecule has 5 heteroatoms. The van der Waals surface area contributed by atoms with Gasteiger partial charge in [-0.25, -0.2) is 0 Å². The van der Waals surface area contributed by atoms with Gasteiger partial charge in [-0.2, -0.15) is 0 Å². The van der Waals surface area contributed by atoms with Crippen molar-refractivity contribution in [2.75, 3.05) is 0 Å². The zero-order chi connectivity index (χ0) is 19.7. The zero-order valence-electron chi connectivity index (χ0n) is 15.2. The third kappa shape index (κ3) is 3.78. The molecule has 2 aromatic carbocycles. The molecule has 1 aromatic heterocycles. The van der Waals surface area contributed by atoms with E-state index in [1.165, 1.54) is 12.8 Å². The van der Waals surface area contributed by atoms with Crippen molar-refractivity contribution in [2.45, 2.75) is 25.8 Å². The van der Waals surface area contributed by atoms with Gasteiger partial charge in [-0.05, 0) is 59.7 Å². The molecular weight excluding hydrogens is 393 g/mol. The first-order valence-corrected chi connectivity index (χ1v) is 10.0. The topological polar surface area (TPSA) is 39.1 Å². The van der Waals surface area contributed by atoms with Crippen molar-refractivity contribution in [2.24, 2.45) is 5.92 Å². The van der Waals surface area contributed by atoms with Gasteiger partial charge in [-0.15, -0.1) is 0 Å². The Morgan fingerprint density at radius 2 is 1.75 bits per heavy atom. The summed E-state index contributed by atoms with van der Waals surface area (Å²) in [4.78, 5) is 21.5. The molecule has 1 saturated carbocycles. The lowest BCUT2D eigenvalue weighted by atomic mass is 10.1. The van der Waals surface area contributed by atoms with Crippen LogP contribution in [0.5, 0.6) is 0 Å². The first-order valence-electron chi connectivity index (χ1n) is 9.26. The van der Waals surface area contributed by atoms with Gasteiger partial charge in [0.05, 0.1) is 16.2 Å². The maximum absolute atomic E-state index is 11.0. The number of aromatic nitrogens is 1. The summed E-state index contributed by atoms with van der Waals surface area (Å²) >= 11 is 12.1. The van der Waals surface area contributed by atoms with Gasteiger partial charge < -0.3 is 4.57 Å². The van der Waals surface area contributed by atoms with E-state index in [0.29, 0.717) is 6.42 Å². The Morgan fingerprint density at radius 3 is 2.43 bits per heavy atom. The predicted molar refractivity (Wildman–Crippen MR) is 114 cm³/mol. The lowest BCUT2D eigenvalue weighted by Gasteiger charge is -2.07. The van der Waals surface area contributed by atoms with Crippen LogP contribution in [0.15, 0.2) is 48.0 Å². The van der Waals surface area contributed by atoms with Crippen molar-refractivity contribution in [3.8, 4) is 0 Å². The van der Waals surface area contributed by atoms with E-state index in [-0.39, 0.29) is 0 Å². The molecule has 1 heterocycles. The number of hydrogen-bond acceptors (Lipinski definition) is 2. The van der Waals surface area contributed by atoms with Gasteiger partial charge >= 0.3 is 0 Å². The summed E-state index contributed by atoms with van der Waals surface area (Å²) in [6.45, 7) is 0.918. The van der Waals surface area contributed by atoms with Gasteiger partial charge in [0.25, 0.3) is 0 Å². The number of hydrogen-bond donors (Lipinski definition) is 0. The summed E-state index contributed by atoms with van der Waals surface area (Å²) in [5.41, 5.74) is 4.68. The normalized spacial score (nSPS) is 14.9. The second kappa shape index (κ2) is 7.94. The molecule has 0 saturated heterocycles. The summed E-state index contributed by atoms with van der Waals surface area (Å²) in [6, 6.07) is 13.4. The van der Waals surface area contributed by atoms with Crippen LogP contribution in [-0.4, -0.2) is 17.1 Å². The Hall–Kier alpha value is -2.36. The van der Waals surface area contributed by atoms with Gasteiger partial charge in [0, 0.05) is 23.4 Å². The highest BCUT2D eigenvalue weighted by atomic mass is 35.5. The average molecular weight is 412 g/mol. The molecular formula is C23H19Cl2NO2. The van der Waals surface area contributed by atoms with Crippen LogP contribution in [0.25, 0.3) is 17.0 Å². The van der Waals surface area contributed by atoms with Crippen LogP contribution < -0.4 is 0 Å². The second-order valence-corrected chi connectivity index (χ2v) is 8.05. The van der Waals surface area contributed by atoms with Gasteiger partial charge in [-0.3, -0.25) is 9.59 Å². The molecule has 0 bridgehead atoms. The Labute approximate surface area is 173 Å². The van der Waals surface area contributed by atoms with Gasteiger partial charge in [0.15, 0.2) is 6.29 Å². The summed E-state index contributed by atoms with van der Waals surface area (Å²) in [7, 11) is 0. The van der Waals surface area contributed by atoms with E-state index in [9.17, 15) is 9.59 Å². The molecule has 0 aliphatic heterocycles. The number of halogens is 2. The van der Waals surface area contributed by atoms with Crippen molar-refractivity contribution in [3.05, 3.63) is 74.9 Å². The lowest BCUT2D eigenvalue weighted by molar-refractivity contribution is -0.104. The number of allylic oxidation sites excluding steroid dienone is 1. The van der Waals surface area contributed by atoms with Crippen molar-refractivity contribution < 1.29 is 9.59 Å². The number of carbonyl (C=O) groups excluding carboxylic acids is 2. The number of para-hydroxylation sites is 1. The minimum absolute atomic E-state index is 0.679. The van der Waals surface area contributed by atoms with Crippen LogP contribution in [0.2, 0.25) is 10.0 Å². The highest BCUT2D eigenvalue weighted by Crippen LogP contribution is 2.34. The van der Waals surface area contributed by atoms with E-state index >= 15 is 0 Å². The summed E-state index contributed by atoms with van der Waals surface area (Å²) in [5.74, 6) is 0.727. The molecule has 0 N–H and O–H groups in total. The fraction of sp³-hybridized carbons (Fsp3) is 0.217. The number of carbonyl (C=O) groups is 2. The maximum atomic E-state index is 11.0. The van der Waals surface area contributed by atoms with Crippen LogP contribution in [-0.2, 0) is 17.8 Å². The maximum Gasteiger partial charge on any atom is 0.166 e. The predicted octanol–water partition coefficient (Wildman–Crippen LogP) is 6.00. The third-order valence-electron chi connectivity index (χ3n) is 5.19. The van der Waals surface area contributed by atoms with Crippen molar-refractivity contribution in [1.29, 1.82) is 0 Å². The van der Waals surface area contributed by atoms with E-state index in [0.717, 1.165) is 68.4 Å². The monoisotopic (exact) mass is 411 g/mol. The molecule has 28 heavy (non-hydrogen) atoms. The summed E-state index contributed by atoms with van der Waals surface area (Å²) in [6.07, 6.45) is 6.90. The Bertz CT molecular complexity index is 1090. The van der Waals surface area contributed by atoms with Crippen LogP contribution >= 0.6 is 23.2 Å². The lowest BCUT2D eigenvalue weighted by Crippen LogP contribution is -2.03.